The largest absolute Gasteiger partial charge is 0.462 e. The van der Waals surface area contributed by atoms with Crippen LogP contribution in [0.2, 0.25) is 0 Å². The molecule has 0 saturated carbocycles. The van der Waals surface area contributed by atoms with Gasteiger partial charge in [0.25, 0.3) is 0 Å². The van der Waals surface area contributed by atoms with E-state index in [1.165, 1.54) is 0 Å². The maximum absolute atomic E-state index is 12.1. The number of ether oxygens (including phenoxy) is 1. The highest BCUT2D eigenvalue weighted by molar-refractivity contribution is 5.97. The van der Waals surface area contributed by atoms with E-state index in [0.29, 0.717) is 23.6 Å². The summed E-state index contributed by atoms with van der Waals surface area (Å²) in [5, 5.41) is 0. The second-order valence-electron chi connectivity index (χ2n) is 4.43. The molecule has 0 radical (unpaired) electrons. The van der Waals surface area contributed by atoms with Gasteiger partial charge in [0.2, 0.25) is 5.95 Å². The maximum atomic E-state index is 12.1. The smallest absolute Gasteiger partial charge is 0.342 e. The number of benzene rings is 1. The molecular weight excluding hydrogens is 254 g/mol. The third-order valence-corrected chi connectivity index (χ3v) is 2.99. The fourth-order valence-corrected chi connectivity index (χ4v) is 2.08. The topological polar surface area (TPSA) is 78.1 Å². The predicted molar refractivity (Wildman–Crippen MR) is 77.3 cm³/mol. The maximum Gasteiger partial charge on any atom is 0.342 e. The van der Waals surface area contributed by atoms with Gasteiger partial charge >= 0.3 is 5.97 Å². The Morgan fingerprint density at radius 1 is 1.25 bits per heavy atom. The fourth-order valence-electron chi connectivity index (χ4n) is 2.08. The van der Waals surface area contributed by atoms with Crippen molar-refractivity contribution >= 4 is 11.9 Å². The molecule has 1 aromatic heterocycles. The summed E-state index contributed by atoms with van der Waals surface area (Å²) in [5.74, 6) is -0.281. The number of nitrogen functional groups attached to an aromatic ring is 1. The van der Waals surface area contributed by atoms with Gasteiger partial charge in [0.05, 0.1) is 18.0 Å². The van der Waals surface area contributed by atoms with Crippen LogP contribution in [0.15, 0.2) is 24.3 Å². The predicted octanol–water partition coefficient (Wildman–Crippen LogP) is 2.52. The van der Waals surface area contributed by atoms with Gasteiger partial charge in [-0.2, -0.15) is 0 Å². The minimum Gasteiger partial charge on any atom is -0.462 e. The van der Waals surface area contributed by atoms with Crippen molar-refractivity contribution in [2.24, 2.45) is 0 Å². The van der Waals surface area contributed by atoms with Crippen LogP contribution in [0.5, 0.6) is 0 Å². The standard InChI is InChI=1S/C15H17N3O2/c1-4-20-14(19)12-10(3)17-15(16)18-13(12)11-8-6-5-7-9(11)2/h5-8H,4H2,1-3H3,(H2,16,17,18). The van der Waals surface area contributed by atoms with Crippen molar-refractivity contribution in [3.8, 4) is 11.3 Å². The van der Waals surface area contributed by atoms with Crippen LogP contribution in [0.3, 0.4) is 0 Å². The molecular formula is C15H17N3O2. The molecule has 2 rings (SSSR count). The molecule has 0 saturated heterocycles. The van der Waals surface area contributed by atoms with Crippen LogP contribution in [0.4, 0.5) is 5.95 Å². The molecule has 1 aromatic carbocycles. The molecule has 0 aliphatic carbocycles. The SMILES string of the molecule is CCOC(=O)c1c(C)nc(N)nc1-c1ccccc1C. The molecule has 2 aromatic rings. The van der Waals surface area contributed by atoms with E-state index in [0.717, 1.165) is 11.1 Å². The van der Waals surface area contributed by atoms with Crippen molar-refractivity contribution in [1.82, 2.24) is 9.97 Å². The lowest BCUT2D eigenvalue weighted by Gasteiger charge is -2.12. The van der Waals surface area contributed by atoms with Gasteiger partial charge in [-0.05, 0) is 26.3 Å². The minimum absolute atomic E-state index is 0.147. The summed E-state index contributed by atoms with van der Waals surface area (Å²) in [5.41, 5.74) is 8.99. The number of nitrogens with zero attached hydrogens (tertiary/aromatic N) is 2. The van der Waals surface area contributed by atoms with Crippen LogP contribution in [-0.4, -0.2) is 22.5 Å². The average molecular weight is 271 g/mol. The molecule has 1 heterocycles. The number of anilines is 1. The zero-order valence-electron chi connectivity index (χ0n) is 11.8. The first-order chi connectivity index (χ1) is 9.54. The Bertz CT molecular complexity index is 654. The normalized spacial score (nSPS) is 10.3. The molecule has 2 N–H and O–H groups in total. The first kappa shape index (κ1) is 14.0. The lowest BCUT2D eigenvalue weighted by atomic mass is 10.0. The summed E-state index contributed by atoms with van der Waals surface area (Å²) >= 11 is 0. The second-order valence-corrected chi connectivity index (χ2v) is 4.43. The Morgan fingerprint density at radius 3 is 2.60 bits per heavy atom. The number of hydrogen-bond donors (Lipinski definition) is 1. The minimum atomic E-state index is -0.428. The summed E-state index contributed by atoms with van der Waals surface area (Å²) in [6, 6.07) is 7.68. The second kappa shape index (κ2) is 5.69. The van der Waals surface area contributed by atoms with Gasteiger partial charge in [-0.3, -0.25) is 0 Å². The molecule has 0 fully saturated rings. The third kappa shape index (κ3) is 2.61. The Labute approximate surface area is 117 Å². The van der Waals surface area contributed by atoms with Crippen molar-refractivity contribution in [1.29, 1.82) is 0 Å². The zero-order chi connectivity index (χ0) is 14.7. The van der Waals surface area contributed by atoms with Crippen LogP contribution < -0.4 is 5.73 Å². The molecule has 0 aliphatic heterocycles. The highest BCUT2D eigenvalue weighted by Gasteiger charge is 2.21. The van der Waals surface area contributed by atoms with E-state index >= 15 is 0 Å². The molecule has 5 nitrogen and oxygen atoms in total. The van der Waals surface area contributed by atoms with Crippen molar-refractivity contribution < 1.29 is 9.53 Å². The molecule has 104 valence electrons. The average Bonchev–Trinajstić information content (AvgIpc) is 2.38. The highest BCUT2D eigenvalue weighted by atomic mass is 16.5. The van der Waals surface area contributed by atoms with Gasteiger partial charge in [-0.15, -0.1) is 0 Å². The number of aromatic nitrogens is 2. The van der Waals surface area contributed by atoms with E-state index in [2.05, 4.69) is 9.97 Å². The van der Waals surface area contributed by atoms with Crippen LogP contribution >= 0.6 is 0 Å². The van der Waals surface area contributed by atoms with E-state index in [1.54, 1.807) is 13.8 Å². The van der Waals surface area contributed by atoms with Crippen LogP contribution in [0.25, 0.3) is 11.3 Å². The van der Waals surface area contributed by atoms with Crippen LogP contribution in [0.1, 0.15) is 28.5 Å². The van der Waals surface area contributed by atoms with Gasteiger partial charge in [0.1, 0.15) is 5.56 Å². The number of esters is 1. The molecule has 5 heteroatoms. The first-order valence-electron chi connectivity index (χ1n) is 6.41. The molecule has 0 aliphatic rings. The lowest BCUT2D eigenvalue weighted by Crippen LogP contribution is -2.13. The number of aryl methyl sites for hydroxylation is 2. The summed E-state index contributed by atoms with van der Waals surface area (Å²) < 4.78 is 5.09. The molecule has 0 spiro atoms. The van der Waals surface area contributed by atoms with Crippen molar-refractivity contribution in [3.63, 3.8) is 0 Å². The number of hydrogen-bond acceptors (Lipinski definition) is 5. The summed E-state index contributed by atoms with van der Waals surface area (Å²) in [6.45, 7) is 5.75. The lowest BCUT2D eigenvalue weighted by molar-refractivity contribution is 0.0525. The van der Waals surface area contributed by atoms with Gasteiger partial charge in [0, 0.05) is 5.56 Å². The van der Waals surface area contributed by atoms with E-state index in [4.69, 9.17) is 10.5 Å². The van der Waals surface area contributed by atoms with Crippen LogP contribution in [-0.2, 0) is 4.74 Å². The molecule has 0 amide bonds. The quantitative estimate of drug-likeness (QED) is 0.868. The number of carbonyl (C=O) groups excluding carboxylic acids is 1. The molecule has 0 atom stereocenters. The Balaban J connectivity index is 2.68. The molecule has 0 bridgehead atoms. The van der Waals surface area contributed by atoms with E-state index < -0.39 is 5.97 Å². The van der Waals surface area contributed by atoms with Gasteiger partial charge < -0.3 is 10.5 Å². The number of rotatable bonds is 3. The molecule has 20 heavy (non-hydrogen) atoms. The van der Waals surface area contributed by atoms with Crippen LogP contribution in [0, 0.1) is 13.8 Å². The van der Waals surface area contributed by atoms with Gasteiger partial charge in [-0.1, -0.05) is 24.3 Å². The number of nitrogens with two attached hydrogens (primary N) is 1. The highest BCUT2D eigenvalue weighted by Crippen LogP contribution is 2.27. The third-order valence-electron chi connectivity index (χ3n) is 2.99. The Kier molecular flexibility index (Phi) is 3.98. The monoisotopic (exact) mass is 271 g/mol. The summed E-state index contributed by atoms with van der Waals surface area (Å²) in [6.07, 6.45) is 0. The Morgan fingerprint density at radius 2 is 1.95 bits per heavy atom. The van der Waals surface area contributed by atoms with Crippen molar-refractivity contribution in [2.75, 3.05) is 12.3 Å². The van der Waals surface area contributed by atoms with E-state index in [9.17, 15) is 4.79 Å². The van der Waals surface area contributed by atoms with Crippen molar-refractivity contribution in [3.05, 3.63) is 41.1 Å². The molecule has 0 unspecified atom stereocenters. The van der Waals surface area contributed by atoms with E-state index in [1.807, 2.05) is 31.2 Å². The number of carbonyl (C=O) groups is 1. The van der Waals surface area contributed by atoms with E-state index in [-0.39, 0.29) is 5.95 Å². The fraction of sp³-hybridized carbons (Fsp3) is 0.267. The summed E-state index contributed by atoms with van der Waals surface area (Å²) in [4.78, 5) is 20.4. The van der Waals surface area contributed by atoms with Gasteiger partial charge in [0.15, 0.2) is 0 Å². The Hall–Kier alpha value is -2.43. The zero-order valence-corrected chi connectivity index (χ0v) is 11.8. The van der Waals surface area contributed by atoms with Crippen molar-refractivity contribution in [2.45, 2.75) is 20.8 Å². The van der Waals surface area contributed by atoms with Gasteiger partial charge in [-0.25, -0.2) is 14.8 Å². The summed E-state index contributed by atoms with van der Waals surface area (Å²) in [7, 11) is 0. The first-order valence-corrected chi connectivity index (χ1v) is 6.41.